The highest BCUT2D eigenvalue weighted by atomic mass is 16.7. The van der Waals surface area contributed by atoms with Gasteiger partial charge in [0.2, 0.25) is 0 Å². The Morgan fingerprint density at radius 3 is 2.13 bits per heavy atom. The third kappa shape index (κ3) is 6.20. The third-order valence-corrected chi connectivity index (χ3v) is 7.81. The van der Waals surface area contributed by atoms with Gasteiger partial charge in [-0.1, -0.05) is 6.92 Å². The highest BCUT2D eigenvalue weighted by Crippen LogP contribution is 2.56. The molecule has 1 unspecified atom stereocenters. The van der Waals surface area contributed by atoms with Crippen LogP contribution in [-0.4, -0.2) is 56.4 Å². The first-order valence-electron chi connectivity index (χ1n) is 11.8. The van der Waals surface area contributed by atoms with Gasteiger partial charge in [0, 0.05) is 7.11 Å². The molecule has 0 spiro atoms. The molecule has 4 aliphatic carbocycles. The Balaban J connectivity index is 1.52. The lowest BCUT2D eigenvalue weighted by molar-refractivity contribution is -0.178. The monoisotopic (exact) mass is 440 g/mol. The molecule has 31 heavy (non-hydrogen) atoms. The normalized spacial score (nSPS) is 31.3. The van der Waals surface area contributed by atoms with Crippen LogP contribution in [0.15, 0.2) is 0 Å². The summed E-state index contributed by atoms with van der Waals surface area (Å²) in [7, 11) is 1.47. The third-order valence-electron chi connectivity index (χ3n) is 7.81. The van der Waals surface area contributed by atoms with Crippen LogP contribution >= 0.6 is 0 Å². The van der Waals surface area contributed by atoms with E-state index in [1.54, 1.807) is 13.8 Å². The van der Waals surface area contributed by atoms with Crippen molar-refractivity contribution in [3.8, 4) is 0 Å². The first-order chi connectivity index (χ1) is 14.7. The molecule has 178 valence electrons. The lowest BCUT2D eigenvalue weighted by atomic mass is 9.52. The molecule has 0 amide bonds. The number of carbonyl (C=O) groups is 2. The van der Waals surface area contributed by atoms with Gasteiger partial charge in [-0.05, 0) is 82.0 Å². The molecule has 1 N–H and O–H groups in total. The molecule has 4 saturated carbocycles. The van der Waals surface area contributed by atoms with Gasteiger partial charge in [0.25, 0.3) is 0 Å². The molecule has 7 heteroatoms. The summed E-state index contributed by atoms with van der Waals surface area (Å²) in [6.07, 6.45) is 6.80. The summed E-state index contributed by atoms with van der Waals surface area (Å²) in [6, 6.07) is 0. The second-order valence-corrected chi connectivity index (χ2v) is 10.7. The molecule has 1 atom stereocenters. The minimum Gasteiger partial charge on any atom is -0.465 e. The minimum absolute atomic E-state index is 0.0282. The molecule has 7 nitrogen and oxygen atoms in total. The van der Waals surface area contributed by atoms with E-state index in [0.29, 0.717) is 30.8 Å². The number of hydrogen-bond acceptors (Lipinski definition) is 7. The van der Waals surface area contributed by atoms with E-state index in [4.69, 9.17) is 18.9 Å². The number of rotatable bonds is 12. The van der Waals surface area contributed by atoms with Gasteiger partial charge in [-0.3, -0.25) is 9.59 Å². The van der Waals surface area contributed by atoms with E-state index in [9.17, 15) is 14.7 Å². The molecule has 0 aromatic heterocycles. The van der Waals surface area contributed by atoms with Gasteiger partial charge < -0.3 is 24.1 Å². The molecule has 4 bridgehead atoms. The van der Waals surface area contributed by atoms with Gasteiger partial charge in [0.15, 0.2) is 0 Å². The molecule has 4 rings (SSSR count). The number of carbonyl (C=O) groups excluding carboxylic acids is 2. The maximum absolute atomic E-state index is 12.6. The van der Waals surface area contributed by atoms with Crippen LogP contribution in [0.5, 0.6) is 0 Å². The SMILES string of the molecule is CCC(C)(C)C(=O)OCC(O)(COCOC)CC(=O)OCC1C2CC3CC(C2)CC1C3. The van der Waals surface area contributed by atoms with E-state index in [-0.39, 0.29) is 26.4 Å². The van der Waals surface area contributed by atoms with Crippen LogP contribution in [0.3, 0.4) is 0 Å². The summed E-state index contributed by atoms with van der Waals surface area (Å²) < 4.78 is 21.1. The summed E-state index contributed by atoms with van der Waals surface area (Å²) in [5.41, 5.74) is -2.31. The van der Waals surface area contributed by atoms with Crippen LogP contribution in [0.25, 0.3) is 0 Å². The molecule has 0 aromatic rings. The predicted molar refractivity (Wildman–Crippen MR) is 114 cm³/mol. The second-order valence-electron chi connectivity index (χ2n) is 10.7. The Kier molecular flexibility index (Phi) is 8.03. The van der Waals surface area contributed by atoms with Gasteiger partial charge in [-0.25, -0.2) is 0 Å². The highest BCUT2D eigenvalue weighted by Gasteiger charge is 2.48. The fourth-order valence-electron chi connectivity index (χ4n) is 5.82. The van der Waals surface area contributed by atoms with Gasteiger partial charge in [0.1, 0.15) is 19.0 Å². The fourth-order valence-corrected chi connectivity index (χ4v) is 5.82. The first-order valence-corrected chi connectivity index (χ1v) is 11.8. The standard InChI is InChI=1S/C24H40O7/c1-5-23(2,3)22(26)31-14-24(27,13-29-15-28-4)11-21(25)30-12-20-18-7-16-6-17(9-18)10-19(20)8-16/h16-20,27H,5-15H2,1-4H3. The van der Waals surface area contributed by atoms with Crippen LogP contribution in [0.1, 0.15) is 65.7 Å². The maximum Gasteiger partial charge on any atom is 0.311 e. The largest absolute Gasteiger partial charge is 0.465 e. The number of methoxy groups -OCH3 is 1. The van der Waals surface area contributed by atoms with E-state index in [2.05, 4.69) is 0 Å². The smallest absolute Gasteiger partial charge is 0.311 e. The Morgan fingerprint density at radius 2 is 1.58 bits per heavy atom. The minimum atomic E-state index is -1.65. The predicted octanol–water partition coefficient (Wildman–Crippen LogP) is 3.32. The summed E-state index contributed by atoms with van der Waals surface area (Å²) in [5.74, 6) is 2.64. The van der Waals surface area contributed by atoms with Crippen molar-refractivity contribution in [2.24, 2.45) is 35.0 Å². The molecule has 4 fully saturated rings. The number of aliphatic hydroxyl groups is 1. The number of ether oxygens (including phenoxy) is 4. The van der Waals surface area contributed by atoms with Crippen LogP contribution in [-0.2, 0) is 28.5 Å². The van der Waals surface area contributed by atoms with Crippen LogP contribution in [0.4, 0.5) is 0 Å². The zero-order valence-electron chi connectivity index (χ0n) is 19.6. The van der Waals surface area contributed by atoms with Crippen LogP contribution in [0.2, 0.25) is 0 Å². The summed E-state index contributed by atoms with van der Waals surface area (Å²) >= 11 is 0. The van der Waals surface area contributed by atoms with Crippen molar-refractivity contribution in [2.45, 2.75) is 71.3 Å². The van der Waals surface area contributed by atoms with Crippen LogP contribution < -0.4 is 0 Å². The average molecular weight is 441 g/mol. The van der Waals surface area contributed by atoms with Crippen LogP contribution in [0, 0.1) is 35.0 Å². The zero-order chi connectivity index (χ0) is 22.6. The lowest BCUT2D eigenvalue weighted by Gasteiger charge is -2.54. The number of hydrogen-bond donors (Lipinski definition) is 1. The fraction of sp³-hybridized carbons (Fsp3) is 0.917. The van der Waals surface area contributed by atoms with Crippen molar-refractivity contribution in [3.05, 3.63) is 0 Å². The van der Waals surface area contributed by atoms with Crippen molar-refractivity contribution in [1.82, 2.24) is 0 Å². The van der Waals surface area contributed by atoms with E-state index < -0.39 is 23.0 Å². The molecule has 0 saturated heterocycles. The second kappa shape index (κ2) is 10.2. The molecule has 0 aliphatic heterocycles. The highest BCUT2D eigenvalue weighted by molar-refractivity contribution is 5.76. The maximum atomic E-state index is 12.6. The van der Waals surface area contributed by atoms with Crippen molar-refractivity contribution in [3.63, 3.8) is 0 Å². The zero-order valence-corrected chi connectivity index (χ0v) is 19.6. The van der Waals surface area contributed by atoms with Crippen molar-refractivity contribution in [1.29, 1.82) is 0 Å². The van der Waals surface area contributed by atoms with Gasteiger partial charge in [-0.15, -0.1) is 0 Å². The first kappa shape index (κ1) is 24.5. The Hall–Kier alpha value is -1.18. The van der Waals surface area contributed by atoms with Crippen molar-refractivity contribution < 1.29 is 33.6 Å². The van der Waals surface area contributed by atoms with Gasteiger partial charge >= 0.3 is 11.9 Å². The van der Waals surface area contributed by atoms with Gasteiger partial charge in [0.05, 0.1) is 25.0 Å². The molecular formula is C24H40O7. The quantitative estimate of drug-likeness (QED) is 0.283. The topological polar surface area (TPSA) is 91.3 Å². The molecular weight excluding hydrogens is 400 g/mol. The Bertz CT molecular complexity index is 603. The molecule has 0 aromatic carbocycles. The molecule has 4 aliphatic rings. The average Bonchev–Trinajstić information content (AvgIpc) is 2.71. The Labute approximate surface area is 186 Å². The van der Waals surface area contributed by atoms with E-state index in [1.165, 1.54) is 39.2 Å². The number of esters is 2. The van der Waals surface area contributed by atoms with E-state index in [0.717, 1.165) is 11.8 Å². The van der Waals surface area contributed by atoms with Crippen molar-refractivity contribution >= 4 is 11.9 Å². The lowest BCUT2D eigenvalue weighted by Crippen LogP contribution is -2.47. The van der Waals surface area contributed by atoms with Crippen molar-refractivity contribution in [2.75, 3.05) is 33.7 Å². The van der Waals surface area contributed by atoms with E-state index >= 15 is 0 Å². The summed E-state index contributed by atoms with van der Waals surface area (Å²) in [5, 5.41) is 11.0. The van der Waals surface area contributed by atoms with E-state index in [1.807, 2.05) is 6.92 Å². The summed E-state index contributed by atoms with van der Waals surface area (Å²) in [6.45, 7) is 5.35. The molecule has 0 radical (unpaired) electrons. The summed E-state index contributed by atoms with van der Waals surface area (Å²) in [4.78, 5) is 24.9. The molecule has 0 heterocycles. The van der Waals surface area contributed by atoms with Gasteiger partial charge in [-0.2, -0.15) is 0 Å². The Morgan fingerprint density at radius 1 is 0.968 bits per heavy atom.